The van der Waals surface area contributed by atoms with Crippen LogP contribution < -0.4 is 4.74 Å². The molecule has 17 heavy (non-hydrogen) atoms. The lowest BCUT2D eigenvalue weighted by Crippen LogP contribution is -2.33. The van der Waals surface area contributed by atoms with Gasteiger partial charge in [-0.05, 0) is 50.0 Å². The number of rotatable bonds is 5. The van der Waals surface area contributed by atoms with Crippen molar-refractivity contribution in [2.24, 2.45) is 0 Å². The fraction of sp³-hybridized carbons (Fsp3) is 0.600. The second-order valence-corrected chi connectivity index (χ2v) is 4.75. The third kappa shape index (κ3) is 4.04. The SMILES string of the molecule is CCc1ccc(OCCN2CCCCC2)cc1. The standard InChI is InChI=1S/C15H23NO/c1-2-14-6-8-15(9-7-14)17-13-12-16-10-4-3-5-11-16/h6-9H,2-5,10-13H2,1H3. The summed E-state index contributed by atoms with van der Waals surface area (Å²) in [5, 5.41) is 0. The number of likely N-dealkylation sites (tertiary alicyclic amines) is 1. The van der Waals surface area contributed by atoms with Crippen LogP contribution in [0.4, 0.5) is 0 Å². The Morgan fingerprint density at radius 2 is 1.76 bits per heavy atom. The molecular weight excluding hydrogens is 210 g/mol. The van der Waals surface area contributed by atoms with Crippen molar-refractivity contribution in [2.45, 2.75) is 32.6 Å². The van der Waals surface area contributed by atoms with Gasteiger partial charge in [0.25, 0.3) is 0 Å². The maximum absolute atomic E-state index is 5.77. The topological polar surface area (TPSA) is 12.5 Å². The predicted octanol–water partition coefficient (Wildman–Crippen LogP) is 3.11. The zero-order chi connectivity index (χ0) is 11.9. The van der Waals surface area contributed by atoms with E-state index >= 15 is 0 Å². The van der Waals surface area contributed by atoms with Crippen LogP contribution in [0.15, 0.2) is 24.3 Å². The quantitative estimate of drug-likeness (QED) is 0.775. The molecule has 1 fully saturated rings. The smallest absolute Gasteiger partial charge is 0.119 e. The van der Waals surface area contributed by atoms with Crippen molar-refractivity contribution in [3.63, 3.8) is 0 Å². The van der Waals surface area contributed by atoms with E-state index < -0.39 is 0 Å². The Balaban J connectivity index is 1.69. The molecule has 0 spiro atoms. The van der Waals surface area contributed by atoms with Crippen molar-refractivity contribution in [3.05, 3.63) is 29.8 Å². The molecule has 0 saturated carbocycles. The first-order chi connectivity index (χ1) is 8.38. The van der Waals surface area contributed by atoms with Gasteiger partial charge >= 0.3 is 0 Å². The third-order valence-corrected chi connectivity index (χ3v) is 3.46. The van der Waals surface area contributed by atoms with Gasteiger partial charge in [-0.3, -0.25) is 4.90 Å². The molecule has 1 heterocycles. The van der Waals surface area contributed by atoms with Crippen molar-refractivity contribution in [1.82, 2.24) is 4.90 Å². The molecule has 94 valence electrons. The highest BCUT2D eigenvalue weighted by atomic mass is 16.5. The Hall–Kier alpha value is -1.02. The molecule has 2 rings (SSSR count). The summed E-state index contributed by atoms with van der Waals surface area (Å²) in [6.07, 6.45) is 5.19. The lowest BCUT2D eigenvalue weighted by Gasteiger charge is -2.26. The largest absolute Gasteiger partial charge is 0.492 e. The van der Waals surface area contributed by atoms with Crippen LogP contribution in [-0.4, -0.2) is 31.1 Å². The van der Waals surface area contributed by atoms with Crippen molar-refractivity contribution in [3.8, 4) is 5.75 Å². The van der Waals surface area contributed by atoms with E-state index in [9.17, 15) is 0 Å². The summed E-state index contributed by atoms with van der Waals surface area (Å²) in [6, 6.07) is 8.45. The van der Waals surface area contributed by atoms with E-state index in [0.717, 1.165) is 25.3 Å². The number of hydrogen-bond acceptors (Lipinski definition) is 2. The lowest BCUT2D eigenvalue weighted by molar-refractivity contribution is 0.183. The fourth-order valence-corrected chi connectivity index (χ4v) is 2.30. The Kier molecular flexibility index (Phi) is 4.87. The van der Waals surface area contributed by atoms with Crippen LogP contribution in [0.25, 0.3) is 0 Å². The molecule has 0 aliphatic carbocycles. The molecule has 0 amide bonds. The van der Waals surface area contributed by atoms with Gasteiger partial charge in [-0.2, -0.15) is 0 Å². The highest BCUT2D eigenvalue weighted by Gasteiger charge is 2.09. The summed E-state index contributed by atoms with van der Waals surface area (Å²) >= 11 is 0. The van der Waals surface area contributed by atoms with Gasteiger partial charge < -0.3 is 4.74 Å². The molecular formula is C15H23NO. The molecule has 0 bridgehead atoms. The van der Waals surface area contributed by atoms with E-state index in [0.29, 0.717) is 0 Å². The van der Waals surface area contributed by atoms with Crippen LogP contribution in [0.5, 0.6) is 5.75 Å². The van der Waals surface area contributed by atoms with E-state index in [2.05, 4.69) is 36.1 Å². The molecule has 2 heteroatoms. The maximum atomic E-state index is 5.77. The van der Waals surface area contributed by atoms with E-state index in [1.54, 1.807) is 0 Å². The minimum Gasteiger partial charge on any atom is -0.492 e. The first-order valence-electron chi connectivity index (χ1n) is 6.82. The molecule has 0 aromatic heterocycles. The van der Waals surface area contributed by atoms with E-state index in [-0.39, 0.29) is 0 Å². The number of piperidine rings is 1. The number of aryl methyl sites for hydroxylation is 1. The number of hydrogen-bond donors (Lipinski definition) is 0. The fourth-order valence-electron chi connectivity index (χ4n) is 2.30. The van der Waals surface area contributed by atoms with Gasteiger partial charge in [-0.15, -0.1) is 0 Å². The van der Waals surface area contributed by atoms with E-state index in [1.165, 1.54) is 37.9 Å². The summed E-state index contributed by atoms with van der Waals surface area (Å²) in [5.74, 6) is 0.999. The summed E-state index contributed by atoms with van der Waals surface area (Å²) in [4.78, 5) is 2.50. The monoisotopic (exact) mass is 233 g/mol. The average Bonchev–Trinajstić information content (AvgIpc) is 2.41. The van der Waals surface area contributed by atoms with Crippen LogP contribution in [0.2, 0.25) is 0 Å². The van der Waals surface area contributed by atoms with Crippen molar-refractivity contribution in [2.75, 3.05) is 26.2 Å². The van der Waals surface area contributed by atoms with Gasteiger partial charge in [0.05, 0.1) is 0 Å². The summed E-state index contributed by atoms with van der Waals surface area (Å²) in [7, 11) is 0. The molecule has 1 aromatic carbocycles. The normalized spacial score (nSPS) is 17.0. The van der Waals surface area contributed by atoms with Crippen LogP contribution in [0.1, 0.15) is 31.7 Å². The maximum Gasteiger partial charge on any atom is 0.119 e. The van der Waals surface area contributed by atoms with Crippen LogP contribution in [-0.2, 0) is 6.42 Å². The van der Waals surface area contributed by atoms with E-state index in [4.69, 9.17) is 4.74 Å². The van der Waals surface area contributed by atoms with Crippen molar-refractivity contribution >= 4 is 0 Å². The molecule has 0 radical (unpaired) electrons. The van der Waals surface area contributed by atoms with Gasteiger partial charge in [0.1, 0.15) is 12.4 Å². The second-order valence-electron chi connectivity index (χ2n) is 4.75. The Labute approximate surface area is 105 Å². The summed E-state index contributed by atoms with van der Waals surface area (Å²) < 4.78 is 5.77. The van der Waals surface area contributed by atoms with E-state index in [1.807, 2.05) is 0 Å². The van der Waals surface area contributed by atoms with Gasteiger partial charge in [-0.1, -0.05) is 25.5 Å². The Bertz CT molecular complexity index is 314. The molecule has 1 aliphatic heterocycles. The highest BCUT2D eigenvalue weighted by molar-refractivity contribution is 5.27. The van der Waals surface area contributed by atoms with Gasteiger partial charge in [0.2, 0.25) is 0 Å². The Morgan fingerprint density at radius 3 is 2.41 bits per heavy atom. The molecule has 1 saturated heterocycles. The van der Waals surface area contributed by atoms with Crippen LogP contribution in [0, 0.1) is 0 Å². The molecule has 1 aromatic rings. The summed E-state index contributed by atoms with van der Waals surface area (Å²) in [6.45, 7) is 6.55. The zero-order valence-electron chi connectivity index (χ0n) is 10.8. The first kappa shape index (κ1) is 12.4. The van der Waals surface area contributed by atoms with Crippen LogP contribution >= 0.6 is 0 Å². The molecule has 0 atom stereocenters. The lowest BCUT2D eigenvalue weighted by atomic mass is 10.1. The highest BCUT2D eigenvalue weighted by Crippen LogP contribution is 2.13. The second kappa shape index (κ2) is 6.65. The number of ether oxygens (including phenoxy) is 1. The van der Waals surface area contributed by atoms with Gasteiger partial charge in [0.15, 0.2) is 0 Å². The first-order valence-corrected chi connectivity index (χ1v) is 6.82. The average molecular weight is 233 g/mol. The van der Waals surface area contributed by atoms with Gasteiger partial charge in [0, 0.05) is 6.54 Å². The molecule has 1 aliphatic rings. The molecule has 0 N–H and O–H groups in total. The predicted molar refractivity (Wildman–Crippen MR) is 71.6 cm³/mol. The van der Waals surface area contributed by atoms with Crippen LogP contribution in [0.3, 0.4) is 0 Å². The van der Waals surface area contributed by atoms with Gasteiger partial charge in [-0.25, -0.2) is 0 Å². The number of nitrogens with zero attached hydrogens (tertiary/aromatic N) is 1. The molecule has 2 nitrogen and oxygen atoms in total. The summed E-state index contributed by atoms with van der Waals surface area (Å²) in [5.41, 5.74) is 1.37. The molecule has 0 unspecified atom stereocenters. The van der Waals surface area contributed by atoms with Crippen molar-refractivity contribution in [1.29, 1.82) is 0 Å². The zero-order valence-corrected chi connectivity index (χ0v) is 10.8. The number of benzene rings is 1. The minimum atomic E-state index is 0.811. The Morgan fingerprint density at radius 1 is 1.06 bits per heavy atom. The minimum absolute atomic E-state index is 0.811. The third-order valence-electron chi connectivity index (χ3n) is 3.46. The van der Waals surface area contributed by atoms with Crippen molar-refractivity contribution < 1.29 is 4.74 Å².